The third-order valence-corrected chi connectivity index (χ3v) is 3.88. The van der Waals surface area contributed by atoms with E-state index in [0.717, 1.165) is 43.7 Å². The Labute approximate surface area is 122 Å². The van der Waals surface area contributed by atoms with Crippen molar-refractivity contribution in [3.05, 3.63) is 35.4 Å². The third-order valence-electron chi connectivity index (χ3n) is 3.88. The maximum atomic E-state index is 10.3. The van der Waals surface area contributed by atoms with E-state index in [1.165, 1.54) is 5.57 Å². The molecular weight excluding hydrogens is 248 g/mol. The molecule has 0 radical (unpaired) electrons. The summed E-state index contributed by atoms with van der Waals surface area (Å²) in [7, 11) is 0. The highest BCUT2D eigenvalue weighted by Crippen LogP contribution is 2.30. The van der Waals surface area contributed by atoms with Gasteiger partial charge in [-0.3, -0.25) is 0 Å². The Morgan fingerprint density at radius 1 is 1.40 bits per heavy atom. The highest BCUT2D eigenvalue weighted by Gasteiger charge is 2.14. The zero-order valence-electron chi connectivity index (χ0n) is 12.8. The molecule has 3 heteroatoms. The molecule has 20 heavy (non-hydrogen) atoms. The van der Waals surface area contributed by atoms with Crippen molar-refractivity contribution in [1.82, 2.24) is 5.32 Å². The van der Waals surface area contributed by atoms with Gasteiger partial charge in [-0.05, 0) is 39.3 Å². The van der Waals surface area contributed by atoms with Gasteiger partial charge in [0.25, 0.3) is 0 Å². The van der Waals surface area contributed by atoms with Crippen LogP contribution in [-0.4, -0.2) is 24.7 Å². The molecule has 0 aliphatic carbocycles. The van der Waals surface area contributed by atoms with Gasteiger partial charge in [-0.15, -0.1) is 0 Å². The van der Waals surface area contributed by atoms with Crippen molar-refractivity contribution in [1.29, 1.82) is 0 Å². The first-order valence-electron chi connectivity index (χ1n) is 7.58. The minimum absolute atomic E-state index is 0.187. The lowest BCUT2D eigenvalue weighted by molar-refractivity contribution is 0.452. The molecule has 0 saturated heterocycles. The molecule has 2 rings (SSSR count). The number of phenols is 1. The van der Waals surface area contributed by atoms with Crippen LogP contribution in [0.15, 0.2) is 29.8 Å². The number of phenolic OH excluding ortho intramolecular Hbond substituents is 1. The molecule has 1 aromatic rings. The topological polar surface area (TPSA) is 35.5 Å². The van der Waals surface area contributed by atoms with Gasteiger partial charge in [0.1, 0.15) is 5.75 Å². The number of nitrogens with zero attached hydrogens (tertiary/aromatic N) is 1. The van der Waals surface area contributed by atoms with Crippen molar-refractivity contribution in [2.75, 3.05) is 24.5 Å². The van der Waals surface area contributed by atoms with E-state index in [-0.39, 0.29) is 6.04 Å². The van der Waals surface area contributed by atoms with Crippen LogP contribution >= 0.6 is 0 Å². The lowest BCUT2D eigenvalue weighted by atomic mass is 10.0. The molecule has 0 spiro atoms. The van der Waals surface area contributed by atoms with Crippen molar-refractivity contribution < 1.29 is 5.11 Å². The summed E-state index contributed by atoms with van der Waals surface area (Å²) in [4.78, 5) is 2.32. The number of rotatable bonds is 5. The molecule has 1 aromatic carbocycles. The number of benzene rings is 1. The van der Waals surface area contributed by atoms with Crippen LogP contribution in [0.4, 0.5) is 5.69 Å². The predicted octanol–water partition coefficient (Wildman–Crippen LogP) is 3.61. The molecule has 0 amide bonds. The molecular formula is C17H26N2O. The minimum Gasteiger partial charge on any atom is -0.508 e. The summed E-state index contributed by atoms with van der Waals surface area (Å²) in [5.74, 6) is 0.394. The summed E-state index contributed by atoms with van der Waals surface area (Å²) in [6, 6.07) is 6.26. The number of hydrogen-bond acceptors (Lipinski definition) is 3. The highest BCUT2D eigenvalue weighted by atomic mass is 16.3. The second kappa shape index (κ2) is 6.80. The fourth-order valence-corrected chi connectivity index (χ4v) is 2.70. The van der Waals surface area contributed by atoms with Crippen molar-refractivity contribution in [2.24, 2.45) is 0 Å². The van der Waals surface area contributed by atoms with Gasteiger partial charge in [-0.25, -0.2) is 0 Å². The van der Waals surface area contributed by atoms with Crippen molar-refractivity contribution in [3.63, 3.8) is 0 Å². The molecule has 3 nitrogen and oxygen atoms in total. The average Bonchev–Trinajstić information content (AvgIpc) is 2.44. The smallest absolute Gasteiger partial charge is 0.122 e. The summed E-state index contributed by atoms with van der Waals surface area (Å²) in [5.41, 5.74) is 3.49. The minimum atomic E-state index is 0.187. The van der Waals surface area contributed by atoms with E-state index in [1.807, 2.05) is 12.1 Å². The van der Waals surface area contributed by atoms with Crippen LogP contribution in [0.25, 0.3) is 0 Å². The van der Waals surface area contributed by atoms with Gasteiger partial charge < -0.3 is 15.3 Å². The normalized spacial score (nSPS) is 16.9. The van der Waals surface area contributed by atoms with Crippen LogP contribution in [0.1, 0.15) is 45.2 Å². The quantitative estimate of drug-likeness (QED) is 0.805. The van der Waals surface area contributed by atoms with Crippen LogP contribution in [0.3, 0.4) is 0 Å². The Bertz CT molecular complexity index is 482. The summed E-state index contributed by atoms with van der Waals surface area (Å²) in [5, 5.41) is 13.7. The molecule has 0 saturated carbocycles. The van der Waals surface area contributed by atoms with Gasteiger partial charge in [-0.2, -0.15) is 0 Å². The molecule has 1 aliphatic heterocycles. The first-order chi connectivity index (χ1) is 9.61. The first kappa shape index (κ1) is 14.9. The standard InChI is InChI=1S/C17H26N2O/c1-4-9-18-14(3)16-8-7-15(11-17(16)20)19-10-5-6-13(2)12-19/h6-8,11,14,18,20H,4-5,9-10,12H2,1-3H3. The molecule has 0 bridgehead atoms. The Balaban J connectivity index is 2.11. The summed E-state index contributed by atoms with van der Waals surface area (Å²) in [6.45, 7) is 9.37. The first-order valence-corrected chi connectivity index (χ1v) is 7.58. The summed E-state index contributed by atoms with van der Waals surface area (Å²) < 4.78 is 0. The maximum absolute atomic E-state index is 10.3. The molecule has 1 heterocycles. The number of aromatic hydroxyl groups is 1. The van der Waals surface area contributed by atoms with E-state index >= 15 is 0 Å². The van der Waals surface area contributed by atoms with Crippen LogP contribution in [0.5, 0.6) is 5.75 Å². The van der Waals surface area contributed by atoms with E-state index in [4.69, 9.17) is 0 Å². The molecule has 1 unspecified atom stereocenters. The number of anilines is 1. The Morgan fingerprint density at radius 2 is 2.20 bits per heavy atom. The van der Waals surface area contributed by atoms with Crippen LogP contribution in [0, 0.1) is 0 Å². The van der Waals surface area contributed by atoms with E-state index in [1.54, 1.807) is 0 Å². The van der Waals surface area contributed by atoms with Crippen molar-refractivity contribution >= 4 is 5.69 Å². The molecule has 1 aliphatic rings. The fraction of sp³-hybridized carbons (Fsp3) is 0.529. The van der Waals surface area contributed by atoms with Crippen LogP contribution in [-0.2, 0) is 0 Å². The van der Waals surface area contributed by atoms with E-state index in [9.17, 15) is 5.11 Å². The second-order valence-electron chi connectivity index (χ2n) is 5.68. The van der Waals surface area contributed by atoms with E-state index in [0.29, 0.717) is 5.75 Å². The lowest BCUT2D eigenvalue weighted by Gasteiger charge is -2.29. The number of nitrogens with one attached hydrogen (secondary N) is 1. The van der Waals surface area contributed by atoms with Gasteiger partial charge in [0.05, 0.1) is 0 Å². The Hall–Kier alpha value is -1.48. The molecule has 110 valence electrons. The average molecular weight is 274 g/mol. The highest BCUT2D eigenvalue weighted by molar-refractivity contribution is 5.55. The zero-order valence-corrected chi connectivity index (χ0v) is 12.8. The summed E-state index contributed by atoms with van der Waals surface area (Å²) in [6.07, 6.45) is 4.48. The Kier molecular flexibility index (Phi) is 5.07. The van der Waals surface area contributed by atoms with Gasteiger partial charge in [0.15, 0.2) is 0 Å². The van der Waals surface area contributed by atoms with Gasteiger partial charge >= 0.3 is 0 Å². The zero-order chi connectivity index (χ0) is 14.5. The maximum Gasteiger partial charge on any atom is 0.122 e. The van der Waals surface area contributed by atoms with E-state index < -0.39 is 0 Å². The predicted molar refractivity (Wildman–Crippen MR) is 85.4 cm³/mol. The van der Waals surface area contributed by atoms with E-state index in [2.05, 4.69) is 43.1 Å². The molecule has 0 aromatic heterocycles. The van der Waals surface area contributed by atoms with Crippen LogP contribution < -0.4 is 10.2 Å². The monoisotopic (exact) mass is 274 g/mol. The SMILES string of the molecule is CCCNC(C)c1ccc(N2CCC=C(C)C2)cc1O. The lowest BCUT2D eigenvalue weighted by Crippen LogP contribution is -2.29. The fourth-order valence-electron chi connectivity index (χ4n) is 2.70. The third kappa shape index (κ3) is 3.54. The van der Waals surface area contributed by atoms with Crippen LogP contribution in [0.2, 0.25) is 0 Å². The number of hydrogen-bond donors (Lipinski definition) is 2. The van der Waals surface area contributed by atoms with Gasteiger partial charge in [0, 0.05) is 36.4 Å². The van der Waals surface area contributed by atoms with Crippen molar-refractivity contribution in [2.45, 2.75) is 39.7 Å². The van der Waals surface area contributed by atoms with Crippen molar-refractivity contribution in [3.8, 4) is 5.75 Å². The second-order valence-corrected chi connectivity index (χ2v) is 5.68. The molecule has 1 atom stereocenters. The van der Waals surface area contributed by atoms with Gasteiger partial charge in [-0.1, -0.05) is 24.6 Å². The van der Waals surface area contributed by atoms with Gasteiger partial charge in [0.2, 0.25) is 0 Å². The largest absolute Gasteiger partial charge is 0.508 e. The molecule has 2 N–H and O–H groups in total. The Morgan fingerprint density at radius 3 is 2.85 bits per heavy atom. The summed E-state index contributed by atoms with van der Waals surface area (Å²) >= 11 is 0. The molecule has 0 fully saturated rings.